The summed E-state index contributed by atoms with van der Waals surface area (Å²) in [7, 11) is 1.48. The molecule has 2 rings (SSSR count). The summed E-state index contributed by atoms with van der Waals surface area (Å²) >= 11 is 1.62. The highest BCUT2D eigenvalue weighted by Gasteiger charge is 2.19. The third-order valence-electron chi connectivity index (χ3n) is 3.12. The Morgan fingerprint density at radius 2 is 2.14 bits per heavy atom. The van der Waals surface area contributed by atoms with Crippen molar-refractivity contribution in [2.24, 2.45) is 0 Å². The lowest BCUT2D eigenvalue weighted by atomic mass is 10.2. The van der Waals surface area contributed by atoms with Crippen molar-refractivity contribution in [3.05, 3.63) is 43.9 Å². The van der Waals surface area contributed by atoms with Crippen molar-refractivity contribution in [2.75, 3.05) is 12.4 Å². The zero-order valence-electron chi connectivity index (χ0n) is 12.3. The Morgan fingerprint density at radius 3 is 2.67 bits per heavy atom. The average molecular weight is 307 g/mol. The van der Waals surface area contributed by atoms with Gasteiger partial charge in [-0.15, -0.1) is 11.3 Å². The number of methoxy groups -OCH3 is 1. The number of hydrogen-bond acceptors (Lipinski definition) is 6. The molecule has 0 fully saturated rings. The van der Waals surface area contributed by atoms with Crippen LogP contribution in [0.4, 0.5) is 11.4 Å². The minimum Gasteiger partial charge on any atom is -0.496 e. The molecular formula is C14H17N3O3S. The van der Waals surface area contributed by atoms with E-state index in [1.54, 1.807) is 23.5 Å². The maximum Gasteiger partial charge on any atom is 0.296 e. The van der Waals surface area contributed by atoms with Crippen molar-refractivity contribution in [3.63, 3.8) is 0 Å². The first-order valence-electron chi connectivity index (χ1n) is 6.45. The molecule has 0 aliphatic heterocycles. The topological polar surface area (TPSA) is 77.3 Å². The highest BCUT2D eigenvalue weighted by Crippen LogP contribution is 2.32. The van der Waals surface area contributed by atoms with Crippen LogP contribution >= 0.6 is 11.3 Å². The van der Waals surface area contributed by atoms with Gasteiger partial charge in [0, 0.05) is 4.88 Å². The number of nitro groups is 1. The van der Waals surface area contributed by atoms with Gasteiger partial charge in [0.1, 0.15) is 11.4 Å². The Morgan fingerprint density at radius 1 is 1.43 bits per heavy atom. The summed E-state index contributed by atoms with van der Waals surface area (Å²) in [4.78, 5) is 16.3. The first-order chi connectivity index (χ1) is 9.92. The standard InChI is InChI=1S/C14H17N3O3S/c1-8(14-9(2)21-10(3)16-14)15-12-6-5-11(20-4)7-13(12)17(18)19/h5-8,15H,1-4H3. The number of anilines is 1. The summed E-state index contributed by atoms with van der Waals surface area (Å²) < 4.78 is 5.03. The monoisotopic (exact) mass is 307 g/mol. The molecular weight excluding hydrogens is 290 g/mol. The van der Waals surface area contributed by atoms with Crippen molar-refractivity contribution in [1.29, 1.82) is 0 Å². The van der Waals surface area contributed by atoms with E-state index in [-0.39, 0.29) is 11.7 Å². The molecule has 0 aliphatic carbocycles. The lowest BCUT2D eigenvalue weighted by Crippen LogP contribution is -2.10. The fraction of sp³-hybridized carbons (Fsp3) is 0.357. The van der Waals surface area contributed by atoms with Gasteiger partial charge in [0.15, 0.2) is 0 Å². The van der Waals surface area contributed by atoms with Crippen LogP contribution in [0.3, 0.4) is 0 Å². The van der Waals surface area contributed by atoms with Crippen molar-refractivity contribution >= 4 is 22.7 Å². The second-order valence-corrected chi connectivity index (χ2v) is 6.09. The highest BCUT2D eigenvalue weighted by molar-refractivity contribution is 7.11. The van der Waals surface area contributed by atoms with Gasteiger partial charge in [0.05, 0.1) is 34.8 Å². The molecule has 0 radical (unpaired) electrons. The van der Waals surface area contributed by atoms with Gasteiger partial charge in [-0.05, 0) is 32.9 Å². The van der Waals surface area contributed by atoms with Gasteiger partial charge in [-0.2, -0.15) is 0 Å². The van der Waals surface area contributed by atoms with Crippen LogP contribution in [0.15, 0.2) is 18.2 Å². The van der Waals surface area contributed by atoms with Crippen LogP contribution in [0.25, 0.3) is 0 Å². The zero-order chi connectivity index (χ0) is 15.6. The maximum absolute atomic E-state index is 11.2. The maximum atomic E-state index is 11.2. The summed E-state index contributed by atoms with van der Waals surface area (Å²) in [5, 5.41) is 15.3. The number of benzene rings is 1. The molecule has 7 heteroatoms. The minimum atomic E-state index is -0.420. The van der Waals surface area contributed by atoms with Crippen LogP contribution < -0.4 is 10.1 Å². The Bertz CT molecular complexity index is 669. The van der Waals surface area contributed by atoms with Crippen LogP contribution in [0.5, 0.6) is 5.75 Å². The number of rotatable bonds is 5. The predicted octanol–water partition coefficient (Wildman–Crippen LogP) is 3.85. The number of aryl methyl sites for hydroxylation is 2. The number of nitrogens with zero attached hydrogens (tertiary/aromatic N) is 2. The summed E-state index contributed by atoms with van der Waals surface area (Å²) in [6.45, 7) is 5.89. The largest absolute Gasteiger partial charge is 0.496 e. The molecule has 1 atom stereocenters. The molecule has 0 aliphatic rings. The zero-order valence-corrected chi connectivity index (χ0v) is 13.2. The smallest absolute Gasteiger partial charge is 0.296 e. The Kier molecular flexibility index (Phi) is 4.42. The van der Waals surface area contributed by atoms with Gasteiger partial charge in [-0.25, -0.2) is 4.98 Å². The molecule has 6 nitrogen and oxygen atoms in total. The molecule has 1 aromatic carbocycles. The third kappa shape index (κ3) is 3.30. The molecule has 0 saturated heterocycles. The first-order valence-corrected chi connectivity index (χ1v) is 7.27. The van der Waals surface area contributed by atoms with Gasteiger partial charge >= 0.3 is 0 Å². The fourth-order valence-corrected chi connectivity index (χ4v) is 3.07. The van der Waals surface area contributed by atoms with E-state index in [2.05, 4.69) is 10.3 Å². The second kappa shape index (κ2) is 6.09. The summed E-state index contributed by atoms with van der Waals surface area (Å²) in [5.74, 6) is 0.459. The van der Waals surface area contributed by atoms with Crippen molar-refractivity contribution < 1.29 is 9.66 Å². The summed E-state index contributed by atoms with van der Waals surface area (Å²) in [6, 6.07) is 4.65. The van der Waals surface area contributed by atoms with Gasteiger partial charge in [0.25, 0.3) is 5.69 Å². The van der Waals surface area contributed by atoms with E-state index in [0.717, 1.165) is 15.6 Å². The van der Waals surface area contributed by atoms with E-state index in [0.29, 0.717) is 11.4 Å². The van der Waals surface area contributed by atoms with E-state index < -0.39 is 4.92 Å². The fourth-order valence-electron chi connectivity index (χ4n) is 2.16. The van der Waals surface area contributed by atoms with Crippen molar-refractivity contribution in [2.45, 2.75) is 26.8 Å². The van der Waals surface area contributed by atoms with E-state index in [1.807, 2.05) is 20.8 Å². The Labute approximate surface area is 126 Å². The molecule has 2 aromatic rings. The lowest BCUT2D eigenvalue weighted by molar-refractivity contribution is -0.384. The summed E-state index contributed by atoms with van der Waals surface area (Å²) in [5.41, 5.74) is 1.37. The molecule has 0 bridgehead atoms. The van der Waals surface area contributed by atoms with Gasteiger partial charge in [-0.1, -0.05) is 0 Å². The second-order valence-electron chi connectivity index (χ2n) is 4.68. The van der Waals surface area contributed by atoms with E-state index in [1.165, 1.54) is 13.2 Å². The number of ether oxygens (including phenoxy) is 1. The Balaban J connectivity index is 2.30. The van der Waals surface area contributed by atoms with Gasteiger partial charge in [0.2, 0.25) is 0 Å². The molecule has 1 aromatic heterocycles. The number of hydrogen-bond donors (Lipinski definition) is 1. The van der Waals surface area contributed by atoms with E-state index >= 15 is 0 Å². The minimum absolute atomic E-state index is 0.00851. The molecule has 21 heavy (non-hydrogen) atoms. The molecule has 0 spiro atoms. The number of thiazole rings is 1. The van der Waals surface area contributed by atoms with Gasteiger partial charge < -0.3 is 10.1 Å². The van der Waals surface area contributed by atoms with Crippen molar-refractivity contribution in [3.8, 4) is 5.75 Å². The van der Waals surface area contributed by atoms with Crippen LogP contribution in [0, 0.1) is 24.0 Å². The normalized spacial score (nSPS) is 12.0. The highest BCUT2D eigenvalue weighted by atomic mass is 32.1. The Hall–Kier alpha value is -2.15. The number of aromatic nitrogens is 1. The van der Waals surface area contributed by atoms with Crippen molar-refractivity contribution in [1.82, 2.24) is 4.98 Å². The van der Waals surface area contributed by atoms with Crippen LogP contribution in [-0.4, -0.2) is 17.0 Å². The number of nitro benzene ring substituents is 1. The molecule has 0 amide bonds. The summed E-state index contributed by atoms with van der Waals surface area (Å²) in [6.07, 6.45) is 0. The van der Waals surface area contributed by atoms with E-state index in [4.69, 9.17) is 4.74 Å². The number of nitrogens with one attached hydrogen (secondary N) is 1. The first kappa shape index (κ1) is 15.2. The van der Waals surface area contributed by atoms with Crippen LogP contribution in [0.2, 0.25) is 0 Å². The van der Waals surface area contributed by atoms with Crippen LogP contribution in [-0.2, 0) is 0 Å². The van der Waals surface area contributed by atoms with Crippen LogP contribution in [0.1, 0.15) is 28.5 Å². The molecule has 1 unspecified atom stereocenters. The third-order valence-corrected chi connectivity index (χ3v) is 4.03. The molecule has 112 valence electrons. The average Bonchev–Trinajstić information content (AvgIpc) is 2.78. The van der Waals surface area contributed by atoms with Gasteiger partial charge in [-0.3, -0.25) is 10.1 Å². The SMILES string of the molecule is COc1ccc(NC(C)c2nc(C)sc2C)c([N+](=O)[O-])c1. The molecule has 1 N–H and O–H groups in total. The lowest BCUT2D eigenvalue weighted by Gasteiger charge is -2.14. The van der Waals surface area contributed by atoms with E-state index in [9.17, 15) is 10.1 Å². The predicted molar refractivity (Wildman–Crippen MR) is 83.3 cm³/mol. The quantitative estimate of drug-likeness (QED) is 0.670. The molecule has 0 saturated carbocycles. The molecule has 1 heterocycles.